The molecule has 1 heterocycles. The number of hydrogen-bond donors (Lipinski definition) is 3. The second-order valence-electron chi connectivity index (χ2n) is 5.14. The van der Waals surface area contributed by atoms with Gasteiger partial charge in [0.2, 0.25) is 10.0 Å². The van der Waals surface area contributed by atoms with E-state index in [-0.39, 0.29) is 28.3 Å². The molecule has 1 fully saturated rings. The number of rotatable bonds is 6. The van der Waals surface area contributed by atoms with Crippen LogP contribution in [0.25, 0.3) is 0 Å². The van der Waals surface area contributed by atoms with Gasteiger partial charge in [-0.1, -0.05) is 12.8 Å². The highest BCUT2D eigenvalue weighted by molar-refractivity contribution is 7.89. The van der Waals surface area contributed by atoms with E-state index in [1.165, 1.54) is 5.38 Å². The molecule has 2 rings (SSSR count). The first-order valence-corrected chi connectivity index (χ1v) is 8.67. The van der Waals surface area contributed by atoms with E-state index >= 15 is 0 Å². The Bertz CT molecular complexity index is 587. The highest BCUT2D eigenvalue weighted by Gasteiger charge is 2.34. The van der Waals surface area contributed by atoms with Crippen molar-refractivity contribution in [3.63, 3.8) is 0 Å². The van der Waals surface area contributed by atoms with Crippen LogP contribution in [0.15, 0.2) is 16.3 Å². The summed E-state index contributed by atoms with van der Waals surface area (Å²) >= 11 is 0.879. The van der Waals surface area contributed by atoms with Crippen LogP contribution in [0.1, 0.15) is 35.4 Å². The van der Waals surface area contributed by atoms with Crippen LogP contribution in [0.3, 0.4) is 0 Å². The SMILES string of the molecule is O=C(O)c1cc(S(=O)(=O)NCC2(CO)CCCC2)cs1. The molecule has 0 amide bonds. The van der Waals surface area contributed by atoms with Gasteiger partial charge >= 0.3 is 5.97 Å². The highest BCUT2D eigenvalue weighted by Crippen LogP contribution is 2.37. The van der Waals surface area contributed by atoms with Crippen molar-refractivity contribution in [2.24, 2.45) is 5.41 Å². The molecule has 20 heavy (non-hydrogen) atoms. The van der Waals surface area contributed by atoms with Gasteiger partial charge in [-0.25, -0.2) is 17.9 Å². The van der Waals surface area contributed by atoms with Crippen LogP contribution in [-0.2, 0) is 10.0 Å². The fraction of sp³-hybridized carbons (Fsp3) is 0.583. The van der Waals surface area contributed by atoms with Gasteiger partial charge in [0.05, 0.1) is 4.90 Å². The molecule has 0 saturated heterocycles. The lowest BCUT2D eigenvalue weighted by Crippen LogP contribution is -2.38. The van der Waals surface area contributed by atoms with E-state index in [9.17, 15) is 18.3 Å². The van der Waals surface area contributed by atoms with Crippen LogP contribution in [0.4, 0.5) is 0 Å². The number of thiophene rings is 1. The van der Waals surface area contributed by atoms with Gasteiger partial charge in [-0.15, -0.1) is 11.3 Å². The van der Waals surface area contributed by atoms with Crippen molar-refractivity contribution in [3.8, 4) is 0 Å². The molecule has 0 spiro atoms. The molecule has 0 aromatic carbocycles. The Kier molecular flexibility index (Phi) is 4.48. The number of aliphatic hydroxyl groups excluding tert-OH is 1. The van der Waals surface area contributed by atoms with Gasteiger partial charge in [0, 0.05) is 23.9 Å². The maximum absolute atomic E-state index is 12.1. The number of carboxylic acid groups (broad SMARTS) is 1. The van der Waals surface area contributed by atoms with Crippen molar-refractivity contribution in [1.29, 1.82) is 0 Å². The lowest BCUT2D eigenvalue weighted by atomic mass is 9.88. The second kappa shape index (κ2) is 5.80. The standard InChI is InChI=1S/C12H17NO5S2/c14-8-12(3-1-2-4-12)7-13-20(17,18)9-5-10(11(15)16)19-6-9/h5-6,13-14H,1-4,7-8H2,(H,15,16). The molecule has 1 saturated carbocycles. The Hall–Kier alpha value is -0.960. The first-order chi connectivity index (χ1) is 9.38. The van der Waals surface area contributed by atoms with Crippen LogP contribution in [0.2, 0.25) is 0 Å². The number of carbonyl (C=O) groups is 1. The van der Waals surface area contributed by atoms with Crippen molar-refractivity contribution in [2.75, 3.05) is 13.2 Å². The van der Waals surface area contributed by atoms with Crippen LogP contribution >= 0.6 is 11.3 Å². The number of sulfonamides is 1. The summed E-state index contributed by atoms with van der Waals surface area (Å²) in [6, 6.07) is 1.15. The minimum atomic E-state index is -3.72. The number of aromatic carboxylic acids is 1. The summed E-state index contributed by atoms with van der Waals surface area (Å²) in [6.45, 7) is 0.142. The van der Waals surface area contributed by atoms with Gasteiger partial charge in [0.1, 0.15) is 4.88 Å². The Morgan fingerprint density at radius 1 is 1.40 bits per heavy atom. The highest BCUT2D eigenvalue weighted by atomic mass is 32.2. The largest absolute Gasteiger partial charge is 0.477 e. The summed E-state index contributed by atoms with van der Waals surface area (Å²) in [6.07, 6.45) is 3.58. The third kappa shape index (κ3) is 3.20. The smallest absolute Gasteiger partial charge is 0.345 e. The maximum atomic E-state index is 12.1. The topological polar surface area (TPSA) is 104 Å². The Labute approximate surface area is 121 Å². The number of carboxylic acids is 1. The van der Waals surface area contributed by atoms with Crippen molar-refractivity contribution >= 4 is 27.3 Å². The van der Waals surface area contributed by atoms with Crippen LogP contribution in [0, 0.1) is 5.41 Å². The van der Waals surface area contributed by atoms with Gasteiger partial charge in [0.15, 0.2) is 0 Å². The minimum Gasteiger partial charge on any atom is -0.477 e. The molecule has 0 bridgehead atoms. The van der Waals surface area contributed by atoms with Gasteiger partial charge in [-0.3, -0.25) is 0 Å². The zero-order valence-electron chi connectivity index (χ0n) is 10.8. The summed E-state index contributed by atoms with van der Waals surface area (Å²) in [4.78, 5) is 10.7. The predicted octanol–water partition coefficient (Wildman–Crippen LogP) is 1.28. The van der Waals surface area contributed by atoms with Crippen molar-refractivity contribution in [1.82, 2.24) is 4.72 Å². The van der Waals surface area contributed by atoms with Crippen molar-refractivity contribution in [3.05, 3.63) is 16.3 Å². The molecule has 1 aliphatic rings. The Morgan fingerprint density at radius 3 is 2.55 bits per heavy atom. The average molecular weight is 319 g/mol. The van der Waals surface area contributed by atoms with Gasteiger partial charge in [0.25, 0.3) is 0 Å². The van der Waals surface area contributed by atoms with Crippen LogP contribution in [-0.4, -0.2) is 37.8 Å². The van der Waals surface area contributed by atoms with E-state index in [2.05, 4.69) is 4.72 Å². The molecule has 112 valence electrons. The molecule has 1 aliphatic carbocycles. The predicted molar refractivity (Wildman–Crippen MR) is 74.5 cm³/mol. The molecule has 8 heteroatoms. The first-order valence-electron chi connectivity index (χ1n) is 6.31. The summed E-state index contributed by atoms with van der Waals surface area (Å²) < 4.78 is 26.7. The molecule has 0 unspecified atom stereocenters. The third-order valence-corrected chi connectivity index (χ3v) is 6.18. The van der Waals surface area contributed by atoms with E-state index < -0.39 is 16.0 Å². The molecule has 6 nitrogen and oxygen atoms in total. The molecule has 1 aromatic rings. The average Bonchev–Trinajstić information content (AvgIpc) is 3.07. The molecule has 1 aromatic heterocycles. The zero-order valence-corrected chi connectivity index (χ0v) is 12.5. The molecule has 0 radical (unpaired) electrons. The van der Waals surface area contributed by atoms with E-state index in [0.717, 1.165) is 43.1 Å². The maximum Gasteiger partial charge on any atom is 0.345 e. The van der Waals surface area contributed by atoms with E-state index in [0.29, 0.717) is 0 Å². The van der Waals surface area contributed by atoms with Gasteiger partial charge < -0.3 is 10.2 Å². The minimum absolute atomic E-state index is 0.0110. The van der Waals surface area contributed by atoms with Crippen LogP contribution < -0.4 is 4.72 Å². The van der Waals surface area contributed by atoms with E-state index in [4.69, 9.17) is 5.11 Å². The fourth-order valence-electron chi connectivity index (χ4n) is 2.42. The lowest BCUT2D eigenvalue weighted by molar-refractivity contribution is 0.0702. The van der Waals surface area contributed by atoms with Crippen molar-refractivity contribution < 1.29 is 23.4 Å². The van der Waals surface area contributed by atoms with Gasteiger partial charge in [-0.05, 0) is 18.9 Å². The van der Waals surface area contributed by atoms with Gasteiger partial charge in [-0.2, -0.15) is 0 Å². The summed E-state index contributed by atoms with van der Waals surface area (Å²) in [5.41, 5.74) is -0.376. The zero-order chi connectivity index (χ0) is 14.8. The Morgan fingerprint density at radius 2 is 2.05 bits per heavy atom. The van der Waals surface area contributed by atoms with Crippen molar-refractivity contribution in [2.45, 2.75) is 30.6 Å². The monoisotopic (exact) mass is 319 g/mol. The second-order valence-corrected chi connectivity index (χ2v) is 7.82. The molecule has 3 N–H and O–H groups in total. The summed E-state index contributed by atoms with van der Waals surface area (Å²) in [5, 5.41) is 19.6. The number of aliphatic hydroxyl groups is 1. The first kappa shape index (κ1) is 15.4. The summed E-state index contributed by atoms with van der Waals surface area (Å²) in [5.74, 6) is -1.14. The fourth-order valence-corrected chi connectivity index (χ4v) is 4.69. The number of hydrogen-bond acceptors (Lipinski definition) is 5. The molecular weight excluding hydrogens is 302 g/mol. The lowest BCUT2D eigenvalue weighted by Gasteiger charge is -2.26. The van der Waals surface area contributed by atoms with Crippen LogP contribution in [0.5, 0.6) is 0 Å². The quantitative estimate of drug-likeness (QED) is 0.733. The normalized spacial score (nSPS) is 18.2. The molecular formula is C12H17NO5S2. The summed E-state index contributed by atoms with van der Waals surface area (Å²) in [7, 11) is -3.72. The van der Waals surface area contributed by atoms with E-state index in [1.807, 2.05) is 0 Å². The molecule has 0 aliphatic heterocycles. The number of nitrogens with one attached hydrogen (secondary N) is 1. The third-order valence-electron chi connectivity index (χ3n) is 3.73. The Balaban J connectivity index is 2.08. The van der Waals surface area contributed by atoms with E-state index in [1.54, 1.807) is 0 Å². The molecule has 0 atom stereocenters.